The molecular weight excluding hydrogens is 232 g/mol. The number of carbonyl (C=O) groups is 1. The molecule has 1 nitrogen and oxygen atoms in total. The Balaban J connectivity index is 3.19. The second-order valence-electron chi connectivity index (χ2n) is 5.09. The van der Waals surface area contributed by atoms with Crippen molar-refractivity contribution < 1.29 is 4.79 Å². The van der Waals surface area contributed by atoms with Gasteiger partial charge in [0, 0.05) is 10.1 Å². The summed E-state index contributed by atoms with van der Waals surface area (Å²) >= 11 is 0. The molecule has 0 aliphatic carbocycles. The average Bonchev–Trinajstić information content (AvgIpc) is 2.16. The number of rotatable bonds is 3. The van der Waals surface area contributed by atoms with E-state index < -0.39 is 8.07 Å². The van der Waals surface area contributed by atoms with E-state index in [1.165, 1.54) is 4.49 Å². The van der Waals surface area contributed by atoms with Crippen LogP contribution in [0.25, 0.3) is 0 Å². The van der Waals surface area contributed by atoms with E-state index in [4.69, 9.17) is 0 Å². The van der Waals surface area contributed by atoms with Gasteiger partial charge < -0.3 is 0 Å². The third-order valence-corrected chi connectivity index (χ3v) is 7.98. The molecular formula is C13H20OSSi. The molecule has 0 unspecified atom stereocenters. The van der Waals surface area contributed by atoms with E-state index in [9.17, 15) is 4.79 Å². The summed E-state index contributed by atoms with van der Waals surface area (Å²) in [6, 6.07) is 9.63. The normalized spacial score (nSPS) is 11.6. The molecule has 0 spiro atoms. The maximum absolute atomic E-state index is 12.4. The zero-order valence-corrected chi connectivity index (χ0v) is 12.5. The van der Waals surface area contributed by atoms with Crippen LogP contribution in [0.3, 0.4) is 0 Å². The van der Waals surface area contributed by atoms with Crippen LogP contribution < -0.4 is 0 Å². The van der Waals surface area contributed by atoms with Gasteiger partial charge in [-0.05, 0) is 12.5 Å². The predicted molar refractivity (Wildman–Crippen MR) is 78.6 cm³/mol. The Bertz CT molecular complexity index is 411. The Morgan fingerprint density at radius 1 is 1.06 bits per heavy atom. The van der Waals surface area contributed by atoms with Gasteiger partial charge in [0.15, 0.2) is 5.78 Å². The summed E-state index contributed by atoms with van der Waals surface area (Å²) in [5, 5.41) is 0. The summed E-state index contributed by atoms with van der Waals surface area (Å²) in [7, 11) is -1.44. The Kier molecular flexibility index (Phi) is 4.27. The summed E-state index contributed by atoms with van der Waals surface area (Å²) in [6.45, 7) is 6.74. The molecule has 0 atom stereocenters. The molecule has 88 valence electrons. The quantitative estimate of drug-likeness (QED) is 0.457. The summed E-state index contributed by atoms with van der Waals surface area (Å²) in [5.74, 6) is 0.258. The Morgan fingerprint density at radius 3 is 1.94 bits per heavy atom. The fourth-order valence-corrected chi connectivity index (χ4v) is 8.07. The number of hydrogen-bond acceptors (Lipinski definition) is 1. The van der Waals surface area contributed by atoms with Crippen LogP contribution >= 0.6 is 10.5 Å². The average molecular weight is 252 g/mol. The Hall–Kier alpha value is -0.673. The third-order valence-electron chi connectivity index (χ3n) is 2.33. The Morgan fingerprint density at radius 2 is 1.56 bits per heavy atom. The van der Waals surface area contributed by atoms with Crippen molar-refractivity contribution in [2.45, 2.75) is 19.6 Å². The third kappa shape index (κ3) is 3.16. The molecule has 0 bridgehead atoms. The van der Waals surface area contributed by atoms with Gasteiger partial charge in [-0.25, -0.2) is 0 Å². The van der Waals surface area contributed by atoms with Crippen molar-refractivity contribution in [1.29, 1.82) is 0 Å². The minimum Gasteiger partial charge on any atom is -0.289 e. The molecule has 0 saturated carbocycles. The van der Waals surface area contributed by atoms with Crippen LogP contribution in [0.15, 0.2) is 30.3 Å². The molecule has 0 heterocycles. The first kappa shape index (κ1) is 13.4. The van der Waals surface area contributed by atoms with Crippen molar-refractivity contribution in [3.8, 4) is 0 Å². The summed E-state index contributed by atoms with van der Waals surface area (Å²) in [5.41, 5.74) is 0.834. The molecule has 0 amide bonds. The van der Waals surface area contributed by atoms with E-state index in [0.717, 1.165) is 5.56 Å². The first-order valence-electron chi connectivity index (χ1n) is 5.39. The van der Waals surface area contributed by atoms with E-state index in [1.54, 1.807) is 0 Å². The molecule has 0 aliphatic rings. The number of hydrogen-bond donors (Lipinski definition) is 0. The molecule has 0 aliphatic heterocycles. The standard InChI is InChI=1S/C13H20OSSi/c1-15(2)13(16(3,4)5)12(14)11-9-7-6-8-10-11/h6-10H,1-5H3. The molecule has 1 aromatic carbocycles. The number of ketones is 1. The lowest BCUT2D eigenvalue weighted by molar-refractivity contribution is 0.107. The van der Waals surface area contributed by atoms with Crippen LogP contribution in [0.1, 0.15) is 10.4 Å². The lowest BCUT2D eigenvalue weighted by Crippen LogP contribution is -2.39. The maximum atomic E-state index is 12.4. The smallest absolute Gasteiger partial charge is 0.190 e. The number of Topliss-reactive ketones (excluding diaryl/α,β-unsaturated/α-hetero) is 1. The van der Waals surface area contributed by atoms with Gasteiger partial charge in [0.1, 0.15) is 0 Å². The van der Waals surface area contributed by atoms with Crippen molar-refractivity contribution in [1.82, 2.24) is 0 Å². The van der Waals surface area contributed by atoms with E-state index in [1.807, 2.05) is 30.3 Å². The molecule has 0 fully saturated rings. The van der Waals surface area contributed by atoms with Crippen LogP contribution in [-0.4, -0.2) is 30.9 Å². The second kappa shape index (κ2) is 5.10. The van der Waals surface area contributed by atoms with E-state index >= 15 is 0 Å². The highest BCUT2D eigenvalue weighted by atomic mass is 32.2. The summed E-state index contributed by atoms with van der Waals surface area (Å²) < 4.78 is 1.17. The molecule has 0 radical (unpaired) electrons. The van der Waals surface area contributed by atoms with Gasteiger partial charge in [-0.15, -0.1) is 0 Å². The second-order valence-corrected chi connectivity index (χ2v) is 12.5. The molecule has 1 aromatic rings. The van der Waals surface area contributed by atoms with Crippen molar-refractivity contribution in [2.24, 2.45) is 0 Å². The molecule has 3 heteroatoms. The van der Waals surface area contributed by atoms with Crippen molar-refractivity contribution in [2.75, 3.05) is 12.5 Å². The first-order chi connectivity index (χ1) is 7.34. The largest absolute Gasteiger partial charge is 0.289 e. The lowest BCUT2D eigenvalue weighted by atomic mass is 10.1. The van der Waals surface area contributed by atoms with Crippen LogP contribution in [0.5, 0.6) is 0 Å². The minimum atomic E-state index is -1.52. The van der Waals surface area contributed by atoms with Gasteiger partial charge in [0.25, 0.3) is 0 Å². The highest BCUT2D eigenvalue weighted by Gasteiger charge is 2.27. The molecule has 0 N–H and O–H groups in total. The molecule has 0 aromatic heterocycles. The van der Waals surface area contributed by atoms with Gasteiger partial charge in [-0.2, -0.15) is 10.5 Å². The zero-order chi connectivity index (χ0) is 12.3. The van der Waals surface area contributed by atoms with Gasteiger partial charge in [0.2, 0.25) is 0 Å². The molecule has 0 saturated heterocycles. The monoisotopic (exact) mass is 252 g/mol. The van der Waals surface area contributed by atoms with Crippen LogP contribution in [0, 0.1) is 0 Å². The van der Waals surface area contributed by atoms with Crippen LogP contribution in [0.4, 0.5) is 0 Å². The SMILES string of the molecule is CS(C)=C(C(=O)c1ccccc1)[Si](C)(C)C. The predicted octanol–water partition coefficient (Wildman–Crippen LogP) is 3.45. The topological polar surface area (TPSA) is 17.1 Å². The van der Waals surface area contributed by atoms with E-state index in [0.29, 0.717) is 0 Å². The molecule has 1 rings (SSSR count). The van der Waals surface area contributed by atoms with Gasteiger partial charge in [-0.1, -0.05) is 50.0 Å². The number of benzene rings is 1. The molecule has 16 heavy (non-hydrogen) atoms. The highest BCUT2D eigenvalue weighted by Crippen LogP contribution is 2.18. The van der Waals surface area contributed by atoms with E-state index in [2.05, 4.69) is 32.2 Å². The van der Waals surface area contributed by atoms with Crippen LogP contribution in [0.2, 0.25) is 19.6 Å². The Labute approximate surface area is 102 Å². The van der Waals surface area contributed by atoms with Crippen molar-refractivity contribution in [3.63, 3.8) is 0 Å². The van der Waals surface area contributed by atoms with Crippen molar-refractivity contribution in [3.05, 3.63) is 35.9 Å². The van der Waals surface area contributed by atoms with E-state index in [-0.39, 0.29) is 16.3 Å². The fraction of sp³-hybridized carbons (Fsp3) is 0.385. The van der Waals surface area contributed by atoms with Gasteiger partial charge in [0.05, 0.1) is 8.07 Å². The van der Waals surface area contributed by atoms with Crippen LogP contribution in [-0.2, 0) is 0 Å². The van der Waals surface area contributed by atoms with Gasteiger partial charge in [-0.3, -0.25) is 4.79 Å². The maximum Gasteiger partial charge on any atom is 0.190 e. The highest BCUT2D eigenvalue weighted by molar-refractivity contribution is 8.18. The fourth-order valence-electron chi connectivity index (χ4n) is 1.86. The van der Waals surface area contributed by atoms with Gasteiger partial charge >= 0.3 is 0 Å². The lowest BCUT2D eigenvalue weighted by Gasteiger charge is -2.22. The summed E-state index contributed by atoms with van der Waals surface area (Å²) in [6.07, 6.45) is 4.29. The zero-order valence-electron chi connectivity index (χ0n) is 10.7. The summed E-state index contributed by atoms with van der Waals surface area (Å²) in [4.78, 5) is 12.4. The number of carbonyl (C=O) groups excluding carboxylic acids is 1. The van der Waals surface area contributed by atoms with Crippen molar-refractivity contribution >= 4 is 28.8 Å². The minimum absolute atomic E-state index is 0.0755. The first-order valence-corrected chi connectivity index (χ1v) is 10.9.